The van der Waals surface area contributed by atoms with E-state index < -0.39 is 0 Å². The minimum atomic E-state index is 0.00367. The summed E-state index contributed by atoms with van der Waals surface area (Å²) in [5, 5.41) is 3.56. The van der Waals surface area contributed by atoms with Gasteiger partial charge in [0.25, 0.3) is 0 Å². The van der Waals surface area contributed by atoms with Crippen LogP contribution in [-0.4, -0.2) is 18.6 Å². The molecule has 1 aliphatic rings. The molecule has 1 aliphatic carbocycles. The van der Waals surface area contributed by atoms with Crippen molar-refractivity contribution in [1.29, 1.82) is 0 Å². The molecular formula is C12H26N2. The Morgan fingerprint density at radius 3 is 2.43 bits per heavy atom. The standard InChI is InChI=1S/C12H26N2/c1-4-12(7-8-12)10-14-9-5-6-11(2,3)13/h14H,4-10,13H2,1-3H3. The molecule has 0 unspecified atom stereocenters. The average Bonchev–Trinajstić information content (AvgIpc) is 2.83. The molecule has 0 aliphatic heterocycles. The lowest BCUT2D eigenvalue weighted by Gasteiger charge is -2.19. The molecule has 0 amide bonds. The molecule has 0 heterocycles. The molecule has 1 fully saturated rings. The zero-order valence-electron chi connectivity index (χ0n) is 10.0. The van der Waals surface area contributed by atoms with Crippen molar-refractivity contribution in [3.63, 3.8) is 0 Å². The van der Waals surface area contributed by atoms with Crippen LogP contribution >= 0.6 is 0 Å². The van der Waals surface area contributed by atoms with E-state index in [9.17, 15) is 0 Å². The maximum absolute atomic E-state index is 5.91. The molecule has 2 heteroatoms. The summed E-state index contributed by atoms with van der Waals surface area (Å²) in [5.41, 5.74) is 6.60. The molecule has 2 nitrogen and oxygen atoms in total. The summed E-state index contributed by atoms with van der Waals surface area (Å²) in [5.74, 6) is 0. The highest BCUT2D eigenvalue weighted by atomic mass is 14.9. The van der Waals surface area contributed by atoms with Gasteiger partial charge in [-0.25, -0.2) is 0 Å². The topological polar surface area (TPSA) is 38.0 Å². The molecule has 3 N–H and O–H groups in total. The normalized spacial score (nSPS) is 19.7. The molecule has 0 aromatic carbocycles. The van der Waals surface area contributed by atoms with E-state index in [0.29, 0.717) is 5.41 Å². The van der Waals surface area contributed by atoms with Crippen LogP contribution in [0.2, 0.25) is 0 Å². The van der Waals surface area contributed by atoms with E-state index in [4.69, 9.17) is 5.73 Å². The van der Waals surface area contributed by atoms with Gasteiger partial charge in [-0.1, -0.05) is 6.92 Å². The number of hydrogen-bond acceptors (Lipinski definition) is 2. The zero-order chi connectivity index (χ0) is 10.7. The van der Waals surface area contributed by atoms with Crippen molar-refractivity contribution in [2.75, 3.05) is 13.1 Å². The third-order valence-corrected chi connectivity index (χ3v) is 3.38. The lowest BCUT2D eigenvalue weighted by molar-refractivity contribution is 0.413. The SMILES string of the molecule is CCC1(CNCCCC(C)(C)N)CC1. The minimum Gasteiger partial charge on any atom is -0.326 e. The van der Waals surface area contributed by atoms with Crippen LogP contribution in [0.5, 0.6) is 0 Å². The van der Waals surface area contributed by atoms with Crippen molar-refractivity contribution in [2.45, 2.75) is 58.4 Å². The van der Waals surface area contributed by atoms with Crippen LogP contribution in [0.15, 0.2) is 0 Å². The molecule has 0 radical (unpaired) electrons. The molecule has 1 rings (SSSR count). The highest BCUT2D eigenvalue weighted by Crippen LogP contribution is 2.47. The monoisotopic (exact) mass is 198 g/mol. The Labute approximate surface area is 88.6 Å². The van der Waals surface area contributed by atoms with Crippen molar-refractivity contribution < 1.29 is 0 Å². The predicted octanol–water partition coefficient (Wildman–Crippen LogP) is 2.28. The molecule has 0 aromatic rings. The van der Waals surface area contributed by atoms with Gasteiger partial charge >= 0.3 is 0 Å². The summed E-state index contributed by atoms with van der Waals surface area (Å²) in [4.78, 5) is 0. The van der Waals surface area contributed by atoms with Crippen molar-refractivity contribution in [2.24, 2.45) is 11.1 Å². The summed E-state index contributed by atoms with van der Waals surface area (Å²) in [6.07, 6.45) is 6.50. The Hall–Kier alpha value is -0.0800. The van der Waals surface area contributed by atoms with E-state index in [1.807, 2.05) is 0 Å². The van der Waals surface area contributed by atoms with Gasteiger partial charge in [-0.05, 0) is 57.9 Å². The van der Waals surface area contributed by atoms with Gasteiger partial charge in [0.2, 0.25) is 0 Å². The van der Waals surface area contributed by atoms with Gasteiger partial charge in [0.05, 0.1) is 0 Å². The second-order valence-electron chi connectivity index (χ2n) is 5.62. The molecule has 0 spiro atoms. The summed E-state index contributed by atoms with van der Waals surface area (Å²) >= 11 is 0. The van der Waals surface area contributed by atoms with Crippen molar-refractivity contribution in [1.82, 2.24) is 5.32 Å². The van der Waals surface area contributed by atoms with E-state index in [2.05, 4.69) is 26.1 Å². The summed E-state index contributed by atoms with van der Waals surface area (Å²) in [7, 11) is 0. The average molecular weight is 198 g/mol. The van der Waals surface area contributed by atoms with Gasteiger partial charge < -0.3 is 11.1 Å². The first-order chi connectivity index (χ1) is 6.47. The van der Waals surface area contributed by atoms with Gasteiger partial charge in [-0.3, -0.25) is 0 Å². The smallest absolute Gasteiger partial charge is 0.00975 e. The molecule has 14 heavy (non-hydrogen) atoms. The van der Waals surface area contributed by atoms with Crippen LogP contribution in [0, 0.1) is 5.41 Å². The van der Waals surface area contributed by atoms with Crippen LogP contribution in [0.25, 0.3) is 0 Å². The maximum atomic E-state index is 5.91. The Morgan fingerprint density at radius 2 is 2.00 bits per heavy atom. The van der Waals surface area contributed by atoms with E-state index in [1.54, 1.807) is 0 Å². The summed E-state index contributed by atoms with van der Waals surface area (Å²) < 4.78 is 0. The minimum absolute atomic E-state index is 0.00367. The first-order valence-electron chi connectivity index (χ1n) is 5.97. The zero-order valence-corrected chi connectivity index (χ0v) is 10.0. The third-order valence-electron chi connectivity index (χ3n) is 3.38. The highest BCUT2D eigenvalue weighted by Gasteiger charge is 2.39. The quantitative estimate of drug-likeness (QED) is 0.616. The fraction of sp³-hybridized carbons (Fsp3) is 1.00. The van der Waals surface area contributed by atoms with Crippen molar-refractivity contribution in [3.05, 3.63) is 0 Å². The maximum Gasteiger partial charge on any atom is 0.00975 e. The van der Waals surface area contributed by atoms with Gasteiger partial charge in [0.15, 0.2) is 0 Å². The predicted molar refractivity (Wildman–Crippen MR) is 62.3 cm³/mol. The Morgan fingerprint density at radius 1 is 1.36 bits per heavy atom. The number of rotatable bonds is 7. The molecule has 0 saturated heterocycles. The van der Waals surface area contributed by atoms with Crippen LogP contribution in [0.1, 0.15) is 52.9 Å². The van der Waals surface area contributed by atoms with E-state index in [1.165, 1.54) is 32.2 Å². The molecular weight excluding hydrogens is 172 g/mol. The van der Waals surface area contributed by atoms with Gasteiger partial charge in [-0.15, -0.1) is 0 Å². The number of nitrogens with two attached hydrogens (primary N) is 1. The largest absolute Gasteiger partial charge is 0.326 e. The fourth-order valence-corrected chi connectivity index (χ4v) is 1.85. The van der Waals surface area contributed by atoms with Gasteiger partial charge in [0.1, 0.15) is 0 Å². The van der Waals surface area contributed by atoms with E-state index in [0.717, 1.165) is 13.0 Å². The lowest BCUT2D eigenvalue weighted by atomic mass is 10.00. The van der Waals surface area contributed by atoms with Crippen molar-refractivity contribution >= 4 is 0 Å². The van der Waals surface area contributed by atoms with Crippen LogP contribution in [-0.2, 0) is 0 Å². The molecule has 1 saturated carbocycles. The molecule has 0 bridgehead atoms. The second-order valence-corrected chi connectivity index (χ2v) is 5.62. The fourth-order valence-electron chi connectivity index (χ4n) is 1.85. The Kier molecular flexibility index (Phi) is 3.96. The Bertz CT molecular complexity index is 166. The highest BCUT2D eigenvalue weighted by molar-refractivity contribution is 4.93. The second kappa shape index (κ2) is 4.63. The van der Waals surface area contributed by atoms with Crippen LogP contribution in [0.3, 0.4) is 0 Å². The first-order valence-corrected chi connectivity index (χ1v) is 5.97. The summed E-state index contributed by atoms with van der Waals surface area (Å²) in [6.45, 7) is 8.84. The van der Waals surface area contributed by atoms with E-state index >= 15 is 0 Å². The van der Waals surface area contributed by atoms with Crippen molar-refractivity contribution in [3.8, 4) is 0 Å². The number of nitrogens with one attached hydrogen (secondary N) is 1. The van der Waals surface area contributed by atoms with Gasteiger partial charge in [0, 0.05) is 12.1 Å². The van der Waals surface area contributed by atoms with Gasteiger partial charge in [-0.2, -0.15) is 0 Å². The molecule has 84 valence electrons. The van der Waals surface area contributed by atoms with E-state index in [-0.39, 0.29) is 5.54 Å². The molecule has 0 aromatic heterocycles. The Balaban J connectivity index is 1.95. The summed E-state index contributed by atoms with van der Waals surface area (Å²) in [6, 6.07) is 0. The van der Waals surface area contributed by atoms with Crippen LogP contribution < -0.4 is 11.1 Å². The third kappa shape index (κ3) is 4.43. The lowest BCUT2D eigenvalue weighted by Crippen LogP contribution is -2.33. The van der Waals surface area contributed by atoms with Crippen LogP contribution in [0.4, 0.5) is 0 Å². The molecule has 0 atom stereocenters. The number of hydrogen-bond donors (Lipinski definition) is 2. The first kappa shape index (κ1) is 12.0.